The minimum absolute atomic E-state index is 0.00456. The standard InChI is InChI=1S/C16H13FN2O2S/c17-11-6-7-12(19(20)21)14-9-3-1-4-10(9)15(18-16(11)14)13-5-2-8-22-13/h1-3,5-10,15,18H,4H2. The van der Waals surface area contributed by atoms with E-state index in [0.717, 1.165) is 11.3 Å². The van der Waals surface area contributed by atoms with Gasteiger partial charge in [-0.15, -0.1) is 11.3 Å². The van der Waals surface area contributed by atoms with E-state index < -0.39 is 10.7 Å². The first kappa shape index (κ1) is 13.5. The van der Waals surface area contributed by atoms with Gasteiger partial charge in [-0.25, -0.2) is 4.39 Å². The number of nitro benzene ring substituents is 1. The maximum Gasteiger partial charge on any atom is 0.275 e. The smallest absolute Gasteiger partial charge is 0.275 e. The summed E-state index contributed by atoms with van der Waals surface area (Å²) in [6.07, 6.45) is 4.87. The van der Waals surface area contributed by atoms with Gasteiger partial charge in [-0.3, -0.25) is 10.1 Å². The molecule has 1 aliphatic carbocycles. The highest BCUT2D eigenvalue weighted by Gasteiger charge is 2.42. The van der Waals surface area contributed by atoms with Crippen LogP contribution in [0.3, 0.4) is 0 Å². The number of nitro groups is 1. The normalized spacial score (nSPS) is 25.4. The second kappa shape index (κ2) is 4.91. The fourth-order valence-corrected chi connectivity index (χ4v) is 4.42. The molecule has 112 valence electrons. The Hall–Kier alpha value is -2.21. The molecule has 1 aromatic heterocycles. The summed E-state index contributed by atoms with van der Waals surface area (Å²) in [5, 5.41) is 16.5. The summed E-state index contributed by atoms with van der Waals surface area (Å²) in [4.78, 5) is 12.0. The fourth-order valence-electron chi connectivity index (χ4n) is 3.56. The van der Waals surface area contributed by atoms with Gasteiger partial charge in [0.15, 0.2) is 0 Å². The quantitative estimate of drug-likeness (QED) is 0.499. The van der Waals surface area contributed by atoms with Gasteiger partial charge in [0, 0.05) is 16.9 Å². The van der Waals surface area contributed by atoms with Gasteiger partial charge in [0.1, 0.15) is 5.82 Å². The predicted molar refractivity (Wildman–Crippen MR) is 83.7 cm³/mol. The molecule has 0 amide bonds. The van der Waals surface area contributed by atoms with E-state index in [9.17, 15) is 14.5 Å². The Morgan fingerprint density at radius 1 is 1.36 bits per heavy atom. The molecule has 6 heteroatoms. The number of benzene rings is 1. The Labute approximate surface area is 130 Å². The number of hydrogen-bond acceptors (Lipinski definition) is 4. The number of nitrogens with one attached hydrogen (secondary N) is 1. The highest BCUT2D eigenvalue weighted by Crippen LogP contribution is 2.53. The maximum atomic E-state index is 14.3. The van der Waals surface area contributed by atoms with Crippen LogP contribution in [0.1, 0.15) is 28.8 Å². The molecule has 2 aromatic rings. The molecule has 0 spiro atoms. The number of fused-ring (bicyclic) bond motifs is 3. The molecular formula is C16H13FN2O2S. The lowest BCUT2D eigenvalue weighted by Gasteiger charge is -2.36. The molecule has 0 fully saturated rings. The van der Waals surface area contributed by atoms with Crippen LogP contribution in [0.2, 0.25) is 0 Å². The Morgan fingerprint density at radius 2 is 2.23 bits per heavy atom. The average Bonchev–Trinajstić information content (AvgIpc) is 3.18. The number of thiophene rings is 1. The molecule has 4 nitrogen and oxygen atoms in total. The van der Waals surface area contributed by atoms with Gasteiger partial charge in [0.25, 0.3) is 5.69 Å². The number of rotatable bonds is 2. The molecular weight excluding hydrogens is 303 g/mol. The average molecular weight is 316 g/mol. The molecule has 3 unspecified atom stereocenters. The van der Waals surface area contributed by atoms with Gasteiger partial charge in [0.05, 0.1) is 22.2 Å². The molecule has 3 atom stereocenters. The molecule has 4 rings (SSSR count). The van der Waals surface area contributed by atoms with Crippen molar-refractivity contribution < 1.29 is 9.31 Å². The molecule has 22 heavy (non-hydrogen) atoms. The zero-order valence-corrected chi connectivity index (χ0v) is 12.3. The van der Waals surface area contributed by atoms with Crippen LogP contribution in [0.4, 0.5) is 15.8 Å². The van der Waals surface area contributed by atoms with Gasteiger partial charge in [-0.05, 0) is 29.9 Å². The number of nitrogens with zero attached hydrogens (tertiary/aromatic N) is 1. The molecule has 1 N–H and O–H groups in total. The van der Waals surface area contributed by atoms with Crippen molar-refractivity contribution >= 4 is 22.7 Å². The SMILES string of the molecule is O=[N+]([O-])c1ccc(F)c2c1C1C=CCC1C(c1cccs1)N2. The molecule has 2 aliphatic rings. The molecule has 2 heterocycles. The van der Waals surface area contributed by atoms with Crippen molar-refractivity contribution in [3.8, 4) is 0 Å². The lowest BCUT2D eigenvalue weighted by molar-refractivity contribution is -0.385. The maximum absolute atomic E-state index is 14.3. The third-order valence-corrected chi connectivity index (χ3v) is 5.45. The van der Waals surface area contributed by atoms with Crippen LogP contribution in [0.5, 0.6) is 0 Å². The van der Waals surface area contributed by atoms with E-state index in [-0.39, 0.29) is 29.3 Å². The lowest BCUT2D eigenvalue weighted by atomic mass is 9.78. The Morgan fingerprint density at radius 3 is 2.95 bits per heavy atom. The zero-order valence-electron chi connectivity index (χ0n) is 11.5. The van der Waals surface area contributed by atoms with Crippen molar-refractivity contribution in [3.05, 3.63) is 68.2 Å². The van der Waals surface area contributed by atoms with E-state index in [1.165, 1.54) is 12.1 Å². The number of hydrogen-bond donors (Lipinski definition) is 1. The lowest BCUT2D eigenvalue weighted by Crippen LogP contribution is -2.29. The van der Waals surface area contributed by atoms with Crippen LogP contribution in [0.15, 0.2) is 41.8 Å². The van der Waals surface area contributed by atoms with E-state index in [2.05, 4.69) is 5.32 Å². The minimum atomic E-state index is -0.430. The van der Waals surface area contributed by atoms with Crippen molar-refractivity contribution in [2.24, 2.45) is 5.92 Å². The largest absolute Gasteiger partial charge is 0.374 e. The summed E-state index contributed by atoms with van der Waals surface area (Å²) in [5.74, 6) is -0.355. The van der Waals surface area contributed by atoms with E-state index in [4.69, 9.17) is 0 Å². The van der Waals surface area contributed by atoms with Crippen molar-refractivity contribution in [2.75, 3.05) is 5.32 Å². The van der Waals surface area contributed by atoms with E-state index in [1.807, 2.05) is 29.7 Å². The van der Waals surface area contributed by atoms with Crippen LogP contribution < -0.4 is 5.32 Å². The fraction of sp³-hybridized carbons (Fsp3) is 0.250. The topological polar surface area (TPSA) is 55.2 Å². The van der Waals surface area contributed by atoms with Crippen molar-refractivity contribution in [1.82, 2.24) is 0 Å². The van der Waals surface area contributed by atoms with Crippen molar-refractivity contribution in [1.29, 1.82) is 0 Å². The van der Waals surface area contributed by atoms with Gasteiger partial charge in [-0.1, -0.05) is 18.2 Å². The van der Waals surface area contributed by atoms with Gasteiger partial charge in [-0.2, -0.15) is 0 Å². The highest BCUT2D eigenvalue weighted by molar-refractivity contribution is 7.10. The summed E-state index contributed by atoms with van der Waals surface area (Å²) in [6, 6.07) is 6.43. The summed E-state index contributed by atoms with van der Waals surface area (Å²) in [7, 11) is 0. The third-order valence-electron chi connectivity index (χ3n) is 4.49. The van der Waals surface area contributed by atoms with Gasteiger partial charge >= 0.3 is 0 Å². The first-order valence-corrected chi connectivity index (χ1v) is 7.98. The second-order valence-electron chi connectivity index (χ2n) is 5.60. The molecule has 0 bridgehead atoms. The van der Waals surface area contributed by atoms with E-state index >= 15 is 0 Å². The Kier molecular flexibility index (Phi) is 3.00. The van der Waals surface area contributed by atoms with Crippen LogP contribution in [0.25, 0.3) is 0 Å². The summed E-state index contributed by atoms with van der Waals surface area (Å²) >= 11 is 1.62. The molecule has 0 radical (unpaired) electrons. The summed E-state index contributed by atoms with van der Waals surface area (Å²) < 4.78 is 14.3. The second-order valence-corrected chi connectivity index (χ2v) is 6.58. The third kappa shape index (κ3) is 1.87. The molecule has 0 saturated heterocycles. The van der Waals surface area contributed by atoms with Gasteiger partial charge in [0.2, 0.25) is 0 Å². The molecule has 1 aromatic carbocycles. The van der Waals surface area contributed by atoms with Crippen LogP contribution in [-0.4, -0.2) is 4.92 Å². The summed E-state index contributed by atoms with van der Waals surface area (Å²) in [5.41, 5.74) is 0.757. The van der Waals surface area contributed by atoms with Crippen molar-refractivity contribution in [2.45, 2.75) is 18.4 Å². The van der Waals surface area contributed by atoms with E-state index in [1.54, 1.807) is 11.3 Å². The van der Waals surface area contributed by atoms with Gasteiger partial charge < -0.3 is 5.32 Å². The van der Waals surface area contributed by atoms with Crippen LogP contribution in [-0.2, 0) is 0 Å². The monoisotopic (exact) mass is 316 g/mol. The van der Waals surface area contributed by atoms with E-state index in [0.29, 0.717) is 5.56 Å². The summed E-state index contributed by atoms with van der Waals surface area (Å²) in [6.45, 7) is 0. The highest BCUT2D eigenvalue weighted by atomic mass is 32.1. The Balaban J connectivity index is 1.90. The minimum Gasteiger partial charge on any atom is -0.374 e. The van der Waals surface area contributed by atoms with Crippen molar-refractivity contribution in [3.63, 3.8) is 0 Å². The first-order valence-electron chi connectivity index (χ1n) is 7.10. The van der Waals surface area contributed by atoms with Crippen LogP contribution in [0, 0.1) is 21.8 Å². The predicted octanol–water partition coefficient (Wildman–Crippen LogP) is 4.62. The number of anilines is 1. The molecule has 1 aliphatic heterocycles. The first-order chi connectivity index (χ1) is 10.7. The number of allylic oxidation sites excluding steroid dienone is 2. The van der Waals surface area contributed by atoms with Crippen LogP contribution >= 0.6 is 11.3 Å². The zero-order chi connectivity index (χ0) is 15.3. The number of halogens is 1. The molecule has 0 saturated carbocycles. The Bertz CT molecular complexity index is 773.